The van der Waals surface area contributed by atoms with Crippen LogP contribution >= 0.6 is 22.7 Å². The zero-order valence-corrected chi connectivity index (χ0v) is 13.7. The van der Waals surface area contributed by atoms with Crippen molar-refractivity contribution in [3.63, 3.8) is 0 Å². The van der Waals surface area contributed by atoms with E-state index in [1.54, 1.807) is 41.0 Å². The fourth-order valence-electron chi connectivity index (χ4n) is 1.86. The van der Waals surface area contributed by atoms with Crippen molar-refractivity contribution in [3.05, 3.63) is 52.2 Å². The van der Waals surface area contributed by atoms with Crippen LogP contribution in [0, 0.1) is 0 Å². The molecule has 0 bridgehead atoms. The molecule has 23 heavy (non-hydrogen) atoms. The average molecular weight is 344 g/mol. The molecule has 5 nitrogen and oxygen atoms in total. The number of carbonyl (C=O) groups is 2. The fraction of sp³-hybridized carbons (Fsp3) is 0.0625. The molecule has 0 atom stereocenters. The molecule has 0 fully saturated rings. The molecule has 0 saturated carbocycles. The molecule has 116 valence electrons. The Kier molecular flexibility index (Phi) is 4.50. The summed E-state index contributed by atoms with van der Waals surface area (Å²) in [5.41, 5.74) is 1.92. The number of benzene rings is 1. The lowest BCUT2D eigenvalue weighted by Gasteiger charge is -2.04. The molecule has 0 unspecified atom stereocenters. The number of esters is 1. The molecule has 2 aromatic heterocycles. The highest BCUT2D eigenvalue weighted by molar-refractivity contribution is 7.14. The van der Waals surface area contributed by atoms with Crippen LogP contribution in [0.2, 0.25) is 0 Å². The third-order valence-electron chi connectivity index (χ3n) is 2.87. The molecule has 3 rings (SSSR count). The van der Waals surface area contributed by atoms with Gasteiger partial charge in [0.2, 0.25) is 5.91 Å². The highest BCUT2D eigenvalue weighted by atomic mass is 32.1. The first-order valence-corrected chi connectivity index (χ1v) is 8.52. The smallest absolute Gasteiger partial charge is 0.363 e. The van der Waals surface area contributed by atoms with Crippen LogP contribution in [0.5, 0.6) is 5.75 Å². The second-order valence-corrected chi connectivity index (χ2v) is 6.28. The van der Waals surface area contributed by atoms with Crippen LogP contribution in [0.1, 0.15) is 17.4 Å². The van der Waals surface area contributed by atoms with E-state index < -0.39 is 5.97 Å². The monoisotopic (exact) mass is 344 g/mol. The Labute approximate surface area is 140 Å². The summed E-state index contributed by atoms with van der Waals surface area (Å²) in [6, 6.07) is 8.54. The SMILES string of the molecule is CC(=O)Nc1ccc(OC(=O)c2csc(-c3ccsc3)n2)cc1. The number of hydrogen-bond donors (Lipinski definition) is 1. The maximum atomic E-state index is 12.1. The molecule has 0 aliphatic carbocycles. The molecule has 1 aromatic carbocycles. The average Bonchev–Trinajstić information content (AvgIpc) is 3.19. The number of anilines is 1. The molecule has 0 aliphatic heterocycles. The third kappa shape index (κ3) is 3.82. The van der Waals surface area contributed by atoms with E-state index in [1.165, 1.54) is 18.3 Å². The van der Waals surface area contributed by atoms with Gasteiger partial charge in [0.05, 0.1) is 0 Å². The van der Waals surface area contributed by atoms with Gasteiger partial charge < -0.3 is 10.1 Å². The van der Waals surface area contributed by atoms with Crippen molar-refractivity contribution >= 4 is 40.2 Å². The van der Waals surface area contributed by atoms with Gasteiger partial charge in [0.25, 0.3) is 0 Å². The van der Waals surface area contributed by atoms with Gasteiger partial charge in [-0.15, -0.1) is 11.3 Å². The van der Waals surface area contributed by atoms with Gasteiger partial charge >= 0.3 is 5.97 Å². The minimum absolute atomic E-state index is 0.154. The van der Waals surface area contributed by atoms with Crippen LogP contribution in [0.4, 0.5) is 5.69 Å². The number of thiophene rings is 1. The van der Waals surface area contributed by atoms with Gasteiger partial charge in [0, 0.05) is 28.9 Å². The lowest BCUT2D eigenvalue weighted by molar-refractivity contribution is -0.114. The van der Waals surface area contributed by atoms with E-state index in [1.807, 2.05) is 16.8 Å². The minimum atomic E-state index is -0.505. The van der Waals surface area contributed by atoms with E-state index in [0.717, 1.165) is 10.6 Å². The largest absolute Gasteiger partial charge is 0.422 e. The molecule has 2 heterocycles. The molecule has 3 aromatic rings. The van der Waals surface area contributed by atoms with Crippen LogP contribution in [-0.4, -0.2) is 16.9 Å². The predicted octanol–water partition coefficient (Wildman–Crippen LogP) is 4.05. The maximum Gasteiger partial charge on any atom is 0.363 e. The van der Waals surface area contributed by atoms with E-state index in [9.17, 15) is 9.59 Å². The molecular formula is C16H12N2O3S2. The van der Waals surface area contributed by atoms with Crippen LogP contribution in [-0.2, 0) is 4.79 Å². The quantitative estimate of drug-likeness (QED) is 0.573. The normalized spacial score (nSPS) is 10.3. The van der Waals surface area contributed by atoms with Crippen molar-refractivity contribution < 1.29 is 14.3 Å². The summed E-state index contributed by atoms with van der Waals surface area (Å²) < 4.78 is 5.29. The molecular weight excluding hydrogens is 332 g/mol. The van der Waals surface area contributed by atoms with E-state index in [2.05, 4.69) is 10.3 Å². The summed E-state index contributed by atoms with van der Waals surface area (Å²) in [6.45, 7) is 1.43. The van der Waals surface area contributed by atoms with Crippen molar-refractivity contribution in [2.24, 2.45) is 0 Å². The molecule has 0 spiro atoms. The van der Waals surface area contributed by atoms with Gasteiger partial charge in [-0.1, -0.05) is 0 Å². The number of hydrogen-bond acceptors (Lipinski definition) is 6. The highest BCUT2D eigenvalue weighted by Gasteiger charge is 2.14. The number of amides is 1. The molecule has 7 heteroatoms. The van der Waals surface area contributed by atoms with E-state index in [-0.39, 0.29) is 11.6 Å². The van der Waals surface area contributed by atoms with Gasteiger partial charge in [0.1, 0.15) is 10.8 Å². The van der Waals surface area contributed by atoms with E-state index in [0.29, 0.717) is 11.4 Å². The van der Waals surface area contributed by atoms with Crippen molar-refractivity contribution in [3.8, 4) is 16.3 Å². The van der Waals surface area contributed by atoms with Crippen LogP contribution in [0.3, 0.4) is 0 Å². The van der Waals surface area contributed by atoms with Crippen LogP contribution < -0.4 is 10.1 Å². The Balaban J connectivity index is 1.68. The number of aromatic nitrogens is 1. The Morgan fingerprint density at radius 1 is 1.13 bits per heavy atom. The zero-order chi connectivity index (χ0) is 16.2. The standard InChI is InChI=1S/C16H12N2O3S2/c1-10(19)17-12-2-4-13(5-3-12)21-16(20)14-9-23-15(18-14)11-6-7-22-8-11/h2-9H,1H3,(H,17,19). The Morgan fingerprint density at radius 2 is 1.91 bits per heavy atom. The second-order valence-electron chi connectivity index (χ2n) is 4.65. The van der Waals surface area contributed by atoms with E-state index >= 15 is 0 Å². The molecule has 1 amide bonds. The summed E-state index contributed by atoms with van der Waals surface area (Å²) in [5, 5.41) is 9.06. The first kappa shape index (κ1) is 15.4. The zero-order valence-electron chi connectivity index (χ0n) is 12.1. The van der Waals surface area contributed by atoms with Crippen LogP contribution in [0.15, 0.2) is 46.5 Å². The van der Waals surface area contributed by atoms with Crippen molar-refractivity contribution in [2.75, 3.05) is 5.32 Å². The minimum Gasteiger partial charge on any atom is -0.422 e. The number of ether oxygens (including phenoxy) is 1. The summed E-state index contributed by atoms with van der Waals surface area (Å²) in [5.74, 6) is -0.262. The predicted molar refractivity (Wildman–Crippen MR) is 91.1 cm³/mol. The molecule has 0 saturated heterocycles. The maximum absolute atomic E-state index is 12.1. The molecule has 0 radical (unpaired) electrons. The van der Waals surface area contributed by atoms with Crippen LogP contribution in [0.25, 0.3) is 10.6 Å². The molecule has 0 aliphatic rings. The van der Waals surface area contributed by atoms with E-state index in [4.69, 9.17) is 4.74 Å². The number of rotatable bonds is 4. The van der Waals surface area contributed by atoms with Gasteiger partial charge in [-0.25, -0.2) is 9.78 Å². The number of thiazole rings is 1. The van der Waals surface area contributed by atoms with Gasteiger partial charge in [0.15, 0.2) is 5.69 Å². The fourth-order valence-corrected chi connectivity index (χ4v) is 3.36. The van der Waals surface area contributed by atoms with Crippen molar-refractivity contribution in [1.82, 2.24) is 4.98 Å². The first-order valence-electron chi connectivity index (χ1n) is 6.70. The van der Waals surface area contributed by atoms with Crippen molar-refractivity contribution in [2.45, 2.75) is 6.92 Å². The summed E-state index contributed by atoms with van der Waals surface area (Å²) in [4.78, 5) is 27.4. The lowest BCUT2D eigenvalue weighted by Crippen LogP contribution is -2.09. The number of nitrogens with one attached hydrogen (secondary N) is 1. The van der Waals surface area contributed by atoms with Gasteiger partial charge in [-0.05, 0) is 35.7 Å². The van der Waals surface area contributed by atoms with Crippen molar-refractivity contribution in [1.29, 1.82) is 0 Å². The number of nitrogens with zero attached hydrogens (tertiary/aromatic N) is 1. The lowest BCUT2D eigenvalue weighted by atomic mass is 10.3. The second kappa shape index (κ2) is 6.72. The molecule has 1 N–H and O–H groups in total. The summed E-state index contributed by atoms with van der Waals surface area (Å²) >= 11 is 2.98. The Bertz CT molecular complexity index is 823. The third-order valence-corrected chi connectivity index (χ3v) is 4.44. The highest BCUT2D eigenvalue weighted by Crippen LogP contribution is 2.26. The van der Waals surface area contributed by atoms with Gasteiger partial charge in [-0.3, -0.25) is 4.79 Å². The Morgan fingerprint density at radius 3 is 2.57 bits per heavy atom. The Hall–Kier alpha value is -2.51. The number of carbonyl (C=O) groups excluding carboxylic acids is 2. The topological polar surface area (TPSA) is 68.3 Å². The summed E-state index contributed by atoms with van der Waals surface area (Å²) in [7, 11) is 0. The van der Waals surface area contributed by atoms with Gasteiger partial charge in [-0.2, -0.15) is 11.3 Å². The summed E-state index contributed by atoms with van der Waals surface area (Å²) in [6.07, 6.45) is 0. The first-order chi connectivity index (χ1) is 11.1.